The summed E-state index contributed by atoms with van der Waals surface area (Å²) in [6.45, 7) is 0.218. The fourth-order valence-electron chi connectivity index (χ4n) is 11.0. The molecule has 4 aliphatic rings. The number of aromatic hydroxyl groups is 1. The molecular weight excluding hydrogens is 903 g/mol. The number of anilines is 1. The van der Waals surface area contributed by atoms with E-state index in [1.807, 2.05) is 89.8 Å². The van der Waals surface area contributed by atoms with Crippen molar-refractivity contribution in [3.8, 4) is 34.8 Å². The molecule has 2 fully saturated rings. The molecule has 4 aliphatic heterocycles. The van der Waals surface area contributed by atoms with Gasteiger partial charge in [-0.1, -0.05) is 84.6 Å². The standard InChI is InChI=1S/C57H51N3O11/c1-66-29-30-70-56(65)59-45-26-19-36(16-15-35-17-24-43(67-2)25-18-35)31-44(45)57(55(59)64)48(53(62)58-28-27-40-32-46(68-3)47(69-4)33-41(40)34-58)50-54(63)71-51(38-13-9-6-10-14-38)49(37-11-7-5-8-12-37)60(50)52(57)39-20-22-42(61)23-21-39/h5-14,17-26,31-33,48-52,61H,27-30,34H2,1-4H3. The highest BCUT2D eigenvalue weighted by Gasteiger charge is 2.76. The number of amides is 3. The van der Waals surface area contributed by atoms with Gasteiger partial charge in [0.1, 0.15) is 35.7 Å². The predicted molar refractivity (Wildman–Crippen MR) is 261 cm³/mol. The van der Waals surface area contributed by atoms with Crippen LogP contribution in [0.15, 0.2) is 140 Å². The first kappa shape index (κ1) is 46.6. The number of carbonyl (C=O) groups is 4. The first-order valence-electron chi connectivity index (χ1n) is 23.3. The zero-order valence-electron chi connectivity index (χ0n) is 39.6. The number of rotatable bonds is 10. The van der Waals surface area contributed by atoms with Crippen molar-refractivity contribution >= 4 is 29.6 Å². The number of ether oxygens (including phenoxy) is 6. The Balaban J connectivity index is 1.25. The largest absolute Gasteiger partial charge is 0.508 e. The van der Waals surface area contributed by atoms with E-state index in [2.05, 4.69) is 11.8 Å². The van der Waals surface area contributed by atoms with E-state index in [9.17, 15) is 9.90 Å². The third-order valence-electron chi connectivity index (χ3n) is 14.1. The molecule has 6 aromatic carbocycles. The second-order valence-corrected chi connectivity index (χ2v) is 17.8. The van der Waals surface area contributed by atoms with Crippen LogP contribution in [-0.2, 0) is 47.0 Å². The predicted octanol–water partition coefficient (Wildman–Crippen LogP) is 7.85. The van der Waals surface area contributed by atoms with E-state index in [4.69, 9.17) is 28.4 Å². The van der Waals surface area contributed by atoms with Gasteiger partial charge in [-0.3, -0.25) is 19.3 Å². The molecule has 1 N–H and O–H groups in total. The molecule has 0 aromatic heterocycles. The van der Waals surface area contributed by atoms with Crippen LogP contribution < -0.4 is 19.1 Å². The van der Waals surface area contributed by atoms with Crippen molar-refractivity contribution in [2.24, 2.45) is 5.92 Å². The Morgan fingerprint density at radius 2 is 1.35 bits per heavy atom. The quantitative estimate of drug-likeness (QED) is 0.0809. The number of carbonyl (C=O) groups excluding carboxylic acids is 4. The number of methoxy groups -OCH3 is 4. The van der Waals surface area contributed by atoms with Crippen molar-refractivity contribution in [1.82, 2.24) is 9.80 Å². The molecule has 2 saturated heterocycles. The molecule has 6 aromatic rings. The van der Waals surface area contributed by atoms with Crippen LogP contribution in [0.5, 0.6) is 23.0 Å². The van der Waals surface area contributed by atoms with Gasteiger partial charge in [-0.2, -0.15) is 0 Å². The summed E-state index contributed by atoms with van der Waals surface area (Å²) < 4.78 is 34.3. The normalized spacial score (nSPS) is 22.1. The Morgan fingerprint density at radius 3 is 2.01 bits per heavy atom. The van der Waals surface area contributed by atoms with Crippen molar-refractivity contribution in [1.29, 1.82) is 0 Å². The maximum absolute atomic E-state index is 16.6. The van der Waals surface area contributed by atoms with Crippen molar-refractivity contribution in [3.05, 3.63) is 184 Å². The maximum atomic E-state index is 16.6. The van der Waals surface area contributed by atoms with E-state index in [1.54, 1.807) is 68.7 Å². The second-order valence-electron chi connectivity index (χ2n) is 17.8. The van der Waals surface area contributed by atoms with E-state index >= 15 is 14.4 Å². The minimum Gasteiger partial charge on any atom is -0.508 e. The third kappa shape index (κ3) is 8.06. The van der Waals surface area contributed by atoms with Crippen molar-refractivity contribution in [2.45, 2.75) is 42.6 Å². The van der Waals surface area contributed by atoms with E-state index in [-0.39, 0.29) is 37.7 Å². The van der Waals surface area contributed by atoms with Gasteiger partial charge in [0.05, 0.1) is 51.6 Å². The van der Waals surface area contributed by atoms with Crippen LogP contribution in [0.3, 0.4) is 0 Å². The van der Waals surface area contributed by atoms with E-state index < -0.39 is 59.4 Å². The number of phenolic OH excluding ortho intramolecular Hbond substituents is 1. The van der Waals surface area contributed by atoms with Gasteiger partial charge < -0.3 is 38.4 Å². The summed E-state index contributed by atoms with van der Waals surface area (Å²) >= 11 is 0. The summed E-state index contributed by atoms with van der Waals surface area (Å²) in [6, 6.07) is 38.1. The van der Waals surface area contributed by atoms with Gasteiger partial charge in [-0.15, -0.1) is 0 Å². The lowest BCUT2D eigenvalue weighted by molar-refractivity contribution is -0.179. The molecule has 71 heavy (non-hydrogen) atoms. The smallest absolute Gasteiger partial charge is 0.421 e. The number of hydrogen-bond donors (Lipinski definition) is 1. The molecule has 6 unspecified atom stereocenters. The minimum atomic E-state index is -2.05. The molecule has 3 amide bonds. The first-order valence-corrected chi connectivity index (χ1v) is 23.3. The summed E-state index contributed by atoms with van der Waals surface area (Å²) in [4.78, 5) is 67.8. The summed E-state index contributed by atoms with van der Waals surface area (Å²) in [7, 11) is 6.16. The lowest BCUT2D eigenvalue weighted by Crippen LogP contribution is -2.57. The molecule has 0 aliphatic carbocycles. The number of nitrogens with zero attached hydrogens (tertiary/aromatic N) is 3. The van der Waals surface area contributed by atoms with Crippen molar-refractivity contribution in [3.63, 3.8) is 0 Å². The molecule has 6 atom stereocenters. The van der Waals surface area contributed by atoms with Gasteiger partial charge in [0.25, 0.3) is 0 Å². The molecule has 14 nitrogen and oxygen atoms in total. The highest BCUT2D eigenvalue weighted by molar-refractivity contribution is 6.23. The van der Waals surface area contributed by atoms with Gasteiger partial charge in [0.2, 0.25) is 11.8 Å². The Bertz CT molecular complexity index is 3060. The number of cyclic esters (lactones) is 1. The number of fused-ring (bicyclic) bond motifs is 4. The van der Waals surface area contributed by atoms with Gasteiger partial charge in [-0.25, -0.2) is 9.69 Å². The molecule has 0 bridgehead atoms. The number of imide groups is 1. The van der Waals surface area contributed by atoms with Crippen LogP contribution in [0.25, 0.3) is 0 Å². The minimum absolute atomic E-state index is 0.0403. The monoisotopic (exact) mass is 953 g/mol. The van der Waals surface area contributed by atoms with Gasteiger partial charge in [0, 0.05) is 31.3 Å². The lowest BCUT2D eigenvalue weighted by atomic mass is 9.64. The fourth-order valence-corrected chi connectivity index (χ4v) is 11.0. The zero-order chi connectivity index (χ0) is 49.4. The van der Waals surface area contributed by atoms with Gasteiger partial charge in [0.15, 0.2) is 11.5 Å². The molecule has 10 rings (SSSR count). The van der Waals surface area contributed by atoms with Crippen molar-refractivity contribution < 1.29 is 52.7 Å². The molecule has 360 valence electrons. The summed E-state index contributed by atoms with van der Waals surface area (Å²) in [5.74, 6) is 4.61. The molecule has 1 spiro atoms. The van der Waals surface area contributed by atoms with E-state index in [1.165, 1.54) is 19.2 Å². The Kier molecular flexibility index (Phi) is 12.7. The van der Waals surface area contributed by atoms with Crippen LogP contribution in [-0.4, -0.2) is 93.0 Å². The highest BCUT2D eigenvalue weighted by Crippen LogP contribution is 2.66. The summed E-state index contributed by atoms with van der Waals surface area (Å²) in [5, 5.41) is 10.8. The zero-order valence-corrected chi connectivity index (χ0v) is 39.6. The Morgan fingerprint density at radius 1 is 0.704 bits per heavy atom. The average molecular weight is 954 g/mol. The lowest BCUT2D eigenvalue weighted by Gasteiger charge is -2.46. The van der Waals surface area contributed by atoms with Crippen LogP contribution in [0, 0.1) is 17.8 Å². The Labute approximate surface area is 411 Å². The number of esters is 1. The molecule has 0 saturated carbocycles. The third-order valence-corrected chi connectivity index (χ3v) is 14.1. The fraction of sp³-hybridized carbons (Fsp3) is 0.263. The topological polar surface area (TPSA) is 154 Å². The SMILES string of the molecule is COCCOC(=O)N1C(=O)C2(c3cc(C#Cc4ccc(OC)cc4)ccc31)C(C(=O)N1CCc3cc(OC)c(OC)cc3C1)C1C(=O)OC(c3ccccc3)C(c3ccccc3)N1C2c1ccc(O)cc1. The number of hydrogen-bond acceptors (Lipinski definition) is 12. The maximum Gasteiger partial charge on any atom is 0.421 e. The van der Waals surface area contributed by atoms with Crippen LogP contribution in [0.1, 0.15) is 62.7 Å². The molecule has 4 heterocycles. The first-order chi connectivity index (χ1) is 34.6. The second kappa shape index (κ2) is 19.3. The van der Waals surface area contributed by atoms with Gasteiger partial charge in [-0.05, 0) is 107 Å². The van der Waals surface area contributed by atoms with E-state index in [0.717, 1.165) is 21.6 Å². The molecular formula is C57H51N3O11. The Hall–Kier alpha value is -8.12. The van der Waals surface area contributed by atoms with Crippen molar-refractivity contribution in [2.75, 3.05) is 53.1 Å². The summed E-state index contributed by atoms with van der Waals surface area (Å²) in [6.07, 6.45) is -1.48. The highest BCUT2D eigenvalue weighted by atomic mass is 16.6. The number of morpholine rings is 1. The average Bonchev–Trinajstić information content (AvgIpc) is 3.86. The van der Waals surface area contributed by atoms with E-state index in [0.29, 0.717) is 51.5 Å². The summed E-state index contributed by atoms with van der Waals surface area (Å²) in [5.41, 5.74) is 3.25. The molecule has 14 heteroatoms. The van der Waals surface area contributed by atoms with Crippen LogP contribution in [0.2, 0.25) is 0 Å². The van der Waals surface area contributed by atoms with Gasteiger partial charge >= 0.3 is 12.1 Å². The van der Waals surface area contributed by atoms with Crippen LogP contribution >= 0.6 is 0 Å². The van der Waals surface area contributed by atoms with Crippen LogP contribution in [0.4, 0.5) is 10.5 Å². The number of benzene rings is 6. The number of phenols is 1. The molecule has 0 radical (unpaired) electrons.